The molecule has 7 nitrogen and oxygen atoms in total. The maximum Gasteiger partial charge on any atom is 0.222 e. The quantitative estimate of drug-likeness (QED) is 0.862. The summed E-state index contributed by atoms with van der Waals surface area (Å²) in [7, 11) is -3.28. The van der Waals surface area contributed by atoms with Gasteiger partial charge in [-0.2, -0.15) is 9.29 Å². The van der Waals surface area contributed by atoms with E-state index in [9.17, 15) is 8.42 Å². The standard InChI is InChI=1S/C19H25N5O2S/c1-12-13(2)21-19(20)22-18(12)23-9-15-10-24(27(3,25)26)17(16(15)11-23)14-7-5-4-6-8-14/h4-8,15-17H,9-11H2,1-3H3,(H2,20,21,22)/t15-,16-,17+/m1/s1. The first-order valence-electron chi connectivity index (χ1n) is 9.13. The normalized spacial score (nSPS) is 25.7. The van der Waals surface area contributed by atoms with Crippen molar-refractivity contribution in [3.63, 3.8) is 0 Å². The van der Waals surface area contributed by atoms with Crippen LogP contribution in [0.15, 0.2) is 30.3 Å². The van der Waals surface area contributed by atoms with Crippen molar-refractivity contribution in [1.82, 2.24) is 14.3 Å². The number of hydrogen-bond donors (Lipinski definition) is 1. The second kappa shape index (κ2) is 6.45. The molecule has 0 aliphatic carbocycles. The van der Waals surface area contributed by atoms with Crippen LogP contribution < -0.4 is 10.6 Å². The minimum absolute atomic E-state index is 0.142. The molecule has 3 heterocycles. The molecule has 0 amide bonds. The summed E-state index contributed by atoms with van der Waals surface area (Å²) >= 11 is 0. The van der Waals surface area contributed by atoms with Crippen LogP contribution in [0.5, 0.6) is 0 Å². The molecule has 2 aromatic rings. The number of anilines is 2. The zero-order valence-corrected chi connectivity index (χ0v) is 16.6. The smallest absolute Gasteiger partial charge is 0.222 e. The van der Waals surface area contributed by atoms with Crippen molar-refractivity contribution >= 4 is 21.8 Å². The fourth-order valence-electron chi connectivity index (χ4n) is 4.53. The Hall–Kier alpha value is -2.19. The van der Waals surface area contributed by atoms with Gasteiger partial charge in [-0.1, -0.05) is 30.3 Å². The molecule has 2 fully saturated rings. The van der Waals surface area contributed by atoms with Crippen LogP contribution in [-0.2, 0) is 10.0 Å². The molecule has 2 saturated heterocycles. The third-order valence-electron chi connectivity index (χ3n) is 5.87. The van der Waals surface area contributed by atoms with Crippen LogP contribution >= 0.6 is 0 Å². The van der Waals surface area contributed by atoms with Gasteiger partial charge in [0.1, 0.15) is 5.82 Å². The van der Waals surface area contributed by atoms with Crippen LogP contribution in [0, 0.1) is 25.7 Å². The summed E-state index contributed by atoms with van der Waals surface area (Å²) in [5.74, 6) is 1.63. The summed E-state index contributed by atoms with van der Waals surface area (Å²) in [6, 6.07) is 9.79. The number of hydrogen-bond acceptors (Lipinski definition) is 6. The molecule has 1 aromatic heterocycles. The number of aromatic nitrogens is 2. The van der Waals surface area contributed by atoms with E-state index in [-0.39, 0.29) is 23.8 Å². The molecule has 144 valence electrons. The van der Waals surface area contributed by atoms with E-state index >= 15 is 0 Å². The number of aryl methyl sites for hydroxylation is 1. The molecule has 0 saturated carbocycles. The first-order valence-corrected chi connectivity index (χ1v) is 11.0. The maximum absolute atomic E-state index is 12.4. The number of sulfonamides is 1. The van der Waals surface area contributed by atoms with Crippen LogP contribution in [-0.4, -0.2) is 48.6 Å². The molecule has 2 aliphatic heterocycles. The highest BCUT2D eigenvalue weighted by atomic mass is 32.2. The fourth-order valence-corrected chi connectivity index (χ4v) is 5.68. The Labute approximate surface area is 160 Å². The van der Waals surface area contributed by atoms with E-state index in [4.69, 9.17) is 5.73 Å². The van der Waals surface area contributed by atoms with Crippen LogP contribution in [0.3, 0.4) is 0 Å². The molecule has 3 atom stereocenters. The highest BCUT2D eigenvalue weighted by Gasteiger charge is 2.50. The van der Waals surface area contributed by atoms with Crippen LogP contribution in [0.25, 0.3) is 0 Å². The van der Waals surface area contributed by atoms with Gasteiger partial charge in [0.2, 0.25) is 16.0 Å². The van der Waals surface area contributed by atoms with Gasteiger partial charge in [-0.3, -0.25) is 0 Å². The van der Waals surface area contributed by atoms with Crippen molar-refractivity contribution in [3.05, 3.63) is 47.2 Å². The molecule has 1 aromatic carbocycles. The van der Waals surface area contributed by atoms with Crippen molar-refractivity contribution in [1.29, 1.82) is 0 Å². The van der Waals surface area contributed by atoms with Crippen molar-refractivity contribution in [2.75, 3.05) is 36.5 Å². The van der Waals surface area contributed by atoms with Crippen LogP contribution in [0.4, 0.5) is 11.8 Å². The summed E-state index contributed by atoms with van der Waals surface area (Å²) in [5, 5.41) is 0. The van der Waals surface area contributed by atoms with E-state index in [0.29, 0.717) is 6.54 Å². The molecule has 2 N–H and O–H groups in total. The molecule has 0 unspecified atom stereocenters. The number of benzene rings is 1. The molecule has 0 bridgehead atoms. The van der Waals surface area contributed by atoms with Gasteiger partial charge in [0, 0.05) is 36.8 Å². The Balaban J connectivity index is 1.69. The van der Waals surface area contributed by atoms with Gasteiger partial charge >= 0.3 is 0 Å². The van der Waals surface area contributed by atoms with Crippen molar-refractivity contribution in [3.8, 4) is 0 Å². The van der Waals surface area contributed by atoms with Gasteiger partial charge in [0.05, 0.1) is 12.3 Å². The number of nitrogens with zero attached hydrogens (tertiary/aromatic N) is 4. The summed E-state index contributed by atoms with van der Waals surface area (Å²) in [6.07, 6.45) is 1.31. The summed E-state index contributed by atoms with van der Waals surface area (Å²) in [4.78, 5) is 10.9. The van der Waals surface area contributed by atoms with E-state index in [1.165, 1.54) is 6.26 Å². The number of nitrogens with two attached hydrogens (primary N) is 1. The number of nitrogen functional groups attached to an aromatic ring is 1. The fraction of sp³-hybridized carbons (Fsp3) is 0.474. The van der Waals surface area contributed by atoms with Gasteiger partial charge in [-0.05, 0) is 25.3 Å². The lowest BCUT2D eigenvalue weighted by Crippen LogP contribution is -2.35. The van der Waals surface area contributed by atoms with Crippen molar-refractivity contribution in [2.45, 2.75) is 19.9 Å². The molecular weight excluding hydrogens is 362 g/mol. The van der Waals surface area contributed by atoms with E-state index in [1.807, 2.05) is 44.2 Å². The number of fused-ring (bicyclic) bond motifs is 1. The number of rotatable bonds is 3. The maximum atomic E-state index is 12.4. The minimum atomic E-state index is -3.28. The molecule has 4 rings (SSSR count). The Morgan fingerprint density at radius 2 is 1.78 bits per heavy atom. The third-order valence-corrected chi connectivity index (χ3v) is 7.10. The topological polar surface area (TPSA) is 92.4 Å². The predicted octanol–water partition coefficient (Wildman–Crippen LogP) is 1.74. The van der Waals surface area contributed by atoms with E-state index in [1.54, 1.807) is 4.31 Å². The minimum Gasteiger partial charge on any atom is -0.368 e. The monoisotopic (exact) mass is 387 g/mol. The second-order valence-corrected chi connectivity index (χ2v) is 9.57. The first kappa shape index (κ1) is 18.2. The zero-order valence-electron chi connectivity index (χ0n) is 15.8. The molecule has 0 spiro atoms. The van der Waals surface area contributed by atoms with E-state index in [0.717, 1.165) is 35.7 Å². The largest absolute Gasteiger partial charge is 0.368 e. The van der Waals surface area contributed by atoms with Gasteiger partial charge in [-0.25, -0.2) is 13.4 Å². The Morgan fingerprint density at radius 3 is 2.44 bits per heavy atom. The van der Waals surface area contributed by atoms with Gasteiger partial charge < -0.3 is 10.6 Å². The lowest BCUT2D eigenvalue weighted by molar-refractivity contribution is 0.352. The Kier molecular flexibility index (Phi) is 4.35. The molecule has 27 heavy (non-hydrogen) atoms. The van der Waals surface area contributed by atoms with Crippen molar-refractivity contribution in [2.24, 2.45) is 11.8 Å². The Morgan fingerprint density at radius 1 is 1.07 bits per heavy atom. The van der Waals surface area contributed by atoms with Crippen LogP contribution in [0.2, 0.25) is 0 Å². The zero-order chi connectivity index (χ0) is 19.3. The predicted molar refractivity (Wildman–Crippen MR) is 106 cm³/mol. The summed E-state index contributed by atoms with van der Waals surface area (Å²) < 4.78 is 26.5. The summed E-state index contributed by atoms with van der Waals surface area (Å²) in [5.41, 5.74) is 8.83. The molecule has 0 radical (unpaired) electrons. The molecular formula is C19H25N5O2S. The SMILES string of the molecule is Cc1nc(N)nc(N2C[C@@H]3CN(S(C)(=O)=O)[C@@H](c4ccccc4)[C@@H]3C2)c1C. The summed E-state index contributed by atoms with van der Waals surface area (Å²) in [6.45, 7) is 6.02. The average molecular weight is 388 g/mol. The highest BCUT2D eigenvalue weighted by molar-refractivity contribution is 7.88. The van der Waals surface area contributed by atoms with Gasteiger partial charge in [0.25, 0.3) is 0 Å². The molecule has 2 aliphatic rings. The van der Waals surface area contributed by atoms with Crippen molar-refractivity contribution < 1.29 is 8.42 Å². The average Bonchev–Trinajstić information content (AvgIpc) is 3.16. The lowest BCUT2D eigenvalue weighted by Gasteiger charge is -2.29. The van der Waals surface area contributed by atoms with Gasteiger partial charge in [0.15, 0.2) is 0 Å². The third kappa shape index (κ3) is 3.17. The second-order valence-electron chi connectivity index (χ2n) is 7.63. The molecule has 8 heteroatoms. The Bertz CT molecular complexity index is 964. The van der Waals surface area contributed by atoms with Crippen LogP contribution in [0.1, 0.15) is 22.9 Å². The lowest BCUT2D eigenvalue weighted by atomic mass is 9.90. The van der Waals surface area contributed by atoms with E-state index in [2.05, 4.69) is 14.9 Å². The van der Waals surface area contributed by atoms with E-state index < -0.39 is 10.0 Å². The van der Waals surface area contributed by atoms with Gasteiger partial charge in [-0.15, -0.1) is 0 Å². The first-order chi connectivity index (χ1) is 12.8. The highest BCUT2D eigenvalue weighted by Crippen LogP contribution is 2.47.